The lowest BCUT2D eigenvalue weighted by Gasteiger charge is -2.32. The van der Waals surface area contributed by atoms with Gasteiger partial charge in [-0.05, 0) is 51.4 Å². The van der Waals surface area contributed by atoms with Gasteiger partial charge < -0.3 is 9.31 Å². The highest BCUT2D eigenvalue weighted by Gasteiger charge is 2.52. The lowest BCUT2D eigenvalue weighted by Crippen LogP contribution is -2.41. The van der Waals surface area contributed by atoms with Crippen LogP contribution >= 0.6 is 11.8 Å². The van der Waals surface area contributed by atoms with Gasteiger partial charge in [0, 0.05) is 24.3 Å². The van der Waals surface area contributed by atoms with Crippen molar-refractivity contribution >= 4 is 41.1 Å². The molecule has 1 aliphatic heterocycles. The maximum atomic E-state index is 11.5. The van der Waals surface area contributed by atoms with Crippen LogP contribution in [0, 0.1) is 0 Å². The van der Waals surface area contributed by atoms with Crippen LogP contribution in [0.1, 0.15) is 40.3 Å². The molecule has 6 nitrogen and oxygen atoms in total. The van der Waals surface area contributed by atoms with Gasteiger partial charge in [-0.2, -0.15) is 5.10 Å². The SMILES string of the molecule is CC(=O)SCC(=Cc1[nH]nc2ncccc12)B1OC(C)(C)C(C)(C)O1. The smallest absolute Gasteiger partial charge is 0.400 e. The van der Waals surface area contributed by atoms with Crippen molar-refractivity contribution in [3.8, 4) is 0 Å². The first-order valence-electron chi connectivity index (χ1n) is 8.18. The number of aromatic amines is 1. The Labute approximate surface area is 151 Å². The molecule has 0 saturated carbocycles. The molecule has 0 bridgehead atoms. The maximum Gasteiger partial charge on any atom is 0.491 e. The van der Waals surface area contributed by atoms with E-state index in [9.17, 15) is 4.79 Å². The van der Waals surface area contributed by atoms with Crippen molar-refractivity contribution in [1.82, 2.24) is 15.2 Å². The fourth-order valence-electron chi connectivity index (χ4n) is 2.52. The lowest BCUT2D eigenvalue weighted by molar-refractivity contribution is -0.109. The van der Waals surface area contributed by atoms with Crippen LogP contribution in [0.5, 0.6) is 0 Å². The highest BCUT2D eigenvalue weighted by atomic mass is 32.2. The Hall–Kier alpha value is -1.64. The molecule has 0 unspecified atom stereocenters. The zero-order valence-corrected chi connectivity index (χ0v) is 15.9. The van der Waals surface area contributed by atoms with Crippen molar-refractivity contribution in [2.45, 2.75) is 45.8 Å². The zero-order chi connectivity index (χ0) is 18.2. The first-order chi connectivity index (χ1) is 11.7. The molecule has 0 amide bonds. The molecule has 1 aliphatic rings. The van der Waals surface area contributed by atoms with E-state index in [1.807, 2.05) is 45.9 Å². The predicted molar refractivity (Wildman–Crippen MR) is 101 cm³/mol. The second kappa shape index (κ2) is 6.59. The van der Waals surface area contributed by atoms with Gasteiger partial charge in [-0.15, -0.1) is 0 Å². The van der Waals surface area contributed by atoms with Crippen LogP contribution in [0.2, 0.25) is 0 Å². The van der Waals surface area contributed by atoms with E-state index in [1.165, 1.54) is 11.8 Å². The molecule has 8 heteroatoms. The fraction of sp³-hybridized carbons (Fsp3) is 0.471. The summed E-state index contributed by atoms with van der Waals surface area (Å²) < 4.78 is 12.3. The van der Waals surface area contributed by atoms with Gasteiger partial charge in [0.15, 0.2) is 10.8 Å². The van der Waals surface area contributed by atoms with Crippen molar-refractivity contribution in [1.29, 1.82) is 0 Å². The summed E-state index contributed by atoms with van der Waals surface area (Å²) in [5.74, 6) is 0.493. The topological polar surface area (TPSA) is 77.1 Å². The number of rotatable bonds is 4. The third kappa shape index (κ3) is 3.66. The van der Waals surface area contributed by atoms with E-state index in [0.717, 1.165) is 16.6 Å². The van der Waals surface area contributed by atoms with Gasteiger partial charge in [-0.25, -0.2) is 4.98 Å². The molecule has 2 aromatic rings. The highest BCUT2D eigenvalue weighted by molar-refractivity contribution is 8.13. The third-order valence-corrected chi connectivity index (χ3v) is 5.57. The normalized spacial score (nSPS) is 19.6. The molecular weight excluding hydrogens is 337 g/mol. The van der Waals surface area contributed by atoms with Crippen LogP contribution in [0.15, 0.2) is 23.8 Å². The summed E-state index contributed by atoms with van der Waals surface area (Å²) in [5, 5.41) is 8.19. The highest BCUT2D eigenvalue weighted by Crippen LogP contribution is 2.39. The summed E-state index contributed by atoms with van der Waals surface area (Å²) in [4.78, 5) is 15.7. The molecule has 0 radical (unpaired) electrons. The van der Waals surface area contributed by atoms with Crippen LogP contribution in [-0.2, 0) is 14.1 Å². The zero-order valence-electron chi connectivity index (χ0n) is 15.1. The minimum atomic E-state index is -0.508. The lowest BCUT2D eigenvalue weighted by atomic mass is 9.78. The molecular formula is C17H22BN3O3S. The van der Waals surface area contributed by atoms with Crippen molar-refractivity contribution < 1.29 is 14.1 Å². The quantitative estimate of drug-likeness (QED) is 0.845. The number of carbonyl (C=O) groups is 1. The molecule has 3 rings (SSSR count). The fourth-order valence-corrected chi connectivity index (χ4v) is 3.11. The van der Waals surface area contributed by atoms with Gasteiger partial charge in [0.25, 0.3) is 0 Å². The molecule has 1 N–H and O–H groups in total. The standard InChI is InChI=1S/C17H22BN3O3S/c1-11(22)25-10-12(18-23-16(2,3)17(4,5)24-18)9-14-13-7-6-8-19-15(13)21-20-14/h6-9H,10H2,1-5H3,(H,19,20,21). The molecule has 1 saturated heterocycles. The number of H-pyrrole nitrogens is 1. The van der Waals surface area contributed by atoms with Crippen LogP contribution in [-0.4, -0.2) is 44.4 Å². The van der Waals surface area contributed by atoms with Crippen LogP contribution in [0.4, 0.5) is 0 Å². The van der Waals surface area contributed by atoms with E-state index in [-0.39, 0.29) is 5.12 Å². The molecule has 2 aromatic heterocycles. The van der Waals surface area contributed by atoms with Crippen molar-refractivity contribution in [2.75, 3.05) is 5.75 Å². The van der Waals surface area contributed by atoms with Gasteiger partial charge in [0.05, 0.1) is 16.9 Å². The monoisotopic (exact) mass is 359 g/mol. The van der Waals surface area contributed by atoms with Gasteiger partial charge in [0.1, 0.15) is 0 Å². The largest absolute Gasteiger partial charge is 0.491 e. The summed E-state index contributed by atoms with van der Waals surface area (Å²) in [6.07, 6.45) is 3.66. The molecule has 25 heavy (non-hydrogen) atoms. The van der Waals surface area contributed by atoms with E-state index < -0.39 is 18.3 Å². The number of pyridine rings is 1. The molecule has 1 fully saturated rings. The first-order valence-corrected chi connectivity index (χ1v) is 9.17. The van der Waals surface area contributed by atoms with Crippen molar-refractivity contribution in [2.24, 2.45) is 0 Å². The molecule has 0 spiro atoms. The Balaban J connectivity index is 1.96. The number of carbonyl (C=O) groups excluding carboxylic acids is 1. The van der Waals surface area contributed by atoms with Crippen LogP contribution in [0.25, 0.3) is 17.1 Å². The maximum absolute atomic E-state index is 11.5. The summed E-state index contributed by atoms with van der Waals surface area (Å²) in [5.41, 5.74) is 1.50. The van der Waals surface area contributed by atoms with Crippen molar-refractivity contribution in [3.05, 3.63) is 29.5 Å². The average molecular weight is 359 g/mol. The molecule has 132 valence electrons. The second-order valence-corrected chi connectivity index (χ2v) is 8.25. The minimum Gasteiger partial charge on any atom is -0.400 e. The van der Waals surface area contributed by atoms with E-state index in [4.69, 9.17) is 9.31 Å². The van der Waals surface area contributed by atoms with E-state index in [1.54, 1.807) is 13.1 Å². The molecule has 0 aliphatic carbocycles. The predicted octanol–water partition coefficient (Wildman–Crippen LogP) is 3.25. The summed E-state index contributed by atoms with van der Waals surface area (Å²) in [6.45, 7) is 9.61. The molecule has 3 heterocycles. The van der Waals surface area contributed by atoms with Crippen LogP contribution in [0.3, 0.4) is 0 Å². The Bertz CT molecular complexity index is 815. The van der Waals surface area contributed by atoms with Gasteiger partial charge >= 0.3 is 7.12 Å². The number of fused-ring (bicyclic) bond motifs is 1. The van der Waals surface area contributed by atoms with Gasteiger partial charge in [-0.1, -0.05) is 11.8 Å². The van der Waals surface area contributed by atoms with E-state index in [2.05, 4.69) is 15.2 Å². The molecule has 0 aromatic carbocycles. The number of aromatic nitrogens is 3. The number of hydrogen-bond acceptors (Lipinski definition) is 6. The van der Waals surface area contributed by atoms with Crippen molar-refractivity contribution in [3.63, 3.8) is 0 Å². The summed E-state index contributed by atoms with van der Waals surface area (Å²) in [6, 6.07) is 3.83. The van der Waals surface area contributed by atoms with Gasteiger partial charge in [0.2, 0.25) is 0 Å². The van der Waals surface area contributed by atoms with Crippen LogP contribution < -0.4 is 0 Å². The Morgan fingerprint density at radius 2 is 2.00 bits per heavy atom. The number of thioether (sulfide) groups is 1. The second-order valence-electron chi connectivity index (χ2n) is 7.10. The van der Waals surface area contributed by atoms with E-state index in [0.29, 0.717) is 11.4 Å². The Kier molecular flexibility index (Phi) is 4.79. The summed E-state index contributed by atoms with van der Waals surface area (Å²) in [7, 11) is -0.508. The van der Waals surface area contributed by atoms with E-state index >= 15 is 0 Å². The average Bonchev–Trinajstić information content (AvgIpc) is 3.02. The molecule has 0 atom stereocenters. The number of hydrogen-bond donors (Lipinski definition) is 1. The third-order valence-electron chi connectivity index (χ3n) is 4.69. The Morgan fingerprint density at radius 3 is 2.64 bits per heavy atom. The first kappa shape index (κ1) is 18.2. The van der Waals surface area contributed by atoms with Gasteiger partial charge in [-0.3, -0.25) is 9.89 Å². The number of nitrogens with one attached hydrogen (secondary N) is 1. The summed E-state index contributed by atoms with van der Waals surface area (Å²) >= 11 is 1.24. The Morgan fingerprint density at radius 1 is 1.32 bits per heavy atom. The number of nitrogens with zero attached hydrogens (tertiary/aromatic N) is 2. The minimum absolute atomic E-state index is 0.0542.